The van der Waals surface area contributed by atoms with Crippen LogP contribution in [-0.4, -0.2) is 23.9 Å². The lowest BCUT2D eigenvalue weighted by molar-refractivity contribution is -0.130. The minimum Gasteiger partial charge on any atom is -0.331 e. The molecule has 1 fully saturated rings. The molecule has 0 spiro atoms. The lowest BCUT2D eigenvalue weighted by atomic mass is 10.1. The summed E-state index contributed by atoms with van der Waals surface area (Å²) in [6, 6.07) is 0. The second-order valence-corrected chi connectivity index (χ2v) is 5.44. The SMILES string of the molecule is C#CCN(CC1CC1)C(=O)CCCCCCCC. The molecular formula is C16H27NO. The van der Waals surface area contributed by atoms with Crippen molar-refractivity contribution in [1.29, 1.82) is 0 Å². The van der Waals surface area contributed by atoms with Crippen molar-refractivity contribution in [2.75, 3.05) is 13.1 Å². The van der Waals surface area contributed by atoms with Crippen molar-refractivity contribution in [2.24, 2.45) is 5.92 Å². The maximum absolute atomic E-state index is 12.0. The summed E-state index contributed by atoms with van der Waals surface area (Å²) in [4.78, 5) is 13.9. The molecule has 0 aliphatic heterocycles. The quantitative estimate of drug-likeness (QED) is 0.428. The van der Waals surface area contributed by atoms with Gasteiger partial charge in [-0.1, -0.05) is 44.9 Å². The van der Waals surface area contributed by atoms with E-state index in [4.69, 9.17) is 6.42 Å². The maximum atomic E-state index is 12.0. The van der Waals surface area contributed by atoms with Crippen molar-refractivity contribution in [3.8, 4) is 12.3 Å². The number of rotatable bonds is 10. The van der Waals surface area contributed by atoms with Gasteiger partial charge in [0, 0.05) is 13.0 Å². The lowest BCUT2D eigenvalue weighted by Gasteiger charge is -2.20. The molecule has 0 N–H and O–H groups in total. The zero-order valence-corrected chi connectivity index (χ0v) is 11.8. The van der Waals surface area contributed by atoms with Gasteiger partial charge in [-0.05, 0) is 25.2 Å². The first-order chi connectivity index (χ1) is 8.77. The molecule has 1 amide bonds. The van der Waals surface area contributed by atoms with Gasteiger partial charge in [0.25, 0.3) is 0 Å². The van der Waals surface area contributed by atoms with Gasteiger partial charge in [-0.15, -0.1) is 6.42 Å². The van der Waals surface area contributed by atoms with E-state index < -0.39 is 0 Å². The Balaban J connectivity index is 2.10. The molecule has 0 radical (unpaired) electrons. The summed E-state index contributed by atoms with van der Waals surface area (Å²) in [5.41, 5.74) is 0. The van der Waals surface area contributed by atoms with E-state index in [1.54, 1.807) is 0 Å². The Bertz CT molecular complexity index is 275. The van der Waals surface area contributed by atoms with Crippen molar-refractivity contribution in [2.45, 2.75) is 64.7 Å². The predicted octanol–water partition coefficient (Wildman–Crippen LogP) is 3.61. The van der Waals surface area contributed by atoms with Gasteiger partial charge in [0.05, 0.1) is 6.54 Å². The van der Waals surface area contributed by atoms with Gasteiger partial charge in [-0.3, -0.25) is 4.79 Å². The molecule has 0 unspecified atom stereocenters. The van der Waals surface area contributed by atoms with Crippen molar-refractivity contribution < 1.29 is 4.79 Å². The van der Waals surface area contributed by atoms with E-state index in [1.165, 1.54) is 44.9 Å². The van der Waals surface area contributed by atoms with Gasteiger partial charge in [0.2, 0.25) is 5.91 Å². The zero-order chi connectivity index (χ0) is 13.2. The van der Waals surface area contributed by atoms with Crippen molar-refractivity contribution in [3.05, 3.63) is 0 Å². The number of hydrogen-bond acceptors (Lipinski definition) is 1. The predicted molar refractivity (Wildman–Crippen MR) is 76.1 cm³/mol. The highest BCUT2D eigenvalue weighted by molar-refractivity contribution is 5.76. The Morgan fingerprint density at radius 2 is 1.89 bits per heavy atom. The topological polar surface area (TPSA) is 20.3 Å². The molecule has 1 rings (SSSR count). The standard InChI is InChI=1S/C16H27NO/c1-3-5-6-7-8-9-10-16(18)17(13-4-2)14-15-11-12-15/h2,15H,3,5-14H2,1H3. The van der Waals surface area contributed by atoms with E-state index in [9.17, 15) is 4.79 Å². The Hall–Kier alpha value is -0.970. The van der Waals surface area contributed by atoms with E-state index in [0.29, 0.717) is 13.0 Å². The molecule has 0 aromatic heterocycles. The third-order valence-electron chi connectivity index (χ3n) is 3.55. The summed E-state index contributed by atoms with van der Waals surface area (Å²) in [5.74, 6) is 3.59. The van der Waals surface area contributed by atoms with Crippen LogP contribution in [0.25, 0.3) is 0 Å². The first-order valence-electron chi connectivity index (χ1n) is 7.49. The Morgan fingerprint density at radius 1 is 1.22 bits per heavy atom. The molecule has 0 atom stereocenters. The average molecular weight is 249 g/mol. The number of nitrogens with zero attached hydrogens (tertiary/aromatic N) is 1. The molecule has 2 heteroatoms. The fourth-order valence-corrected chi connectivity index (χ4v) is 2.19. The highest BCUT2D eigenvalue weighted by Crippen LogP contribution is 2.29. The molecule has 0 aromatic rings. The number of carbonyl (C=O) groups is 1. The van der Waals surface area contributed by atoms with Crippen LogP contribution in [0.5, 0.6) is 0 Å². The van der Waals surface area contributed by atoms with Gasteiger partial charge in [-0.2, -0.15) is 0 Å². The third-order valence-corrected chi connectivity index (χ3v) is 3.55. The van der Waals surface area contributed by atoms with Crippen LogP contribution in [0.15, 0.2) is 0 Å². The summed E-state index contributed by atoms with van der Waals surface area (Å²) in [6.45, 7) is 3.60. The highest BCUT2D eigenvalue weighted by atomic mass is 16.2. The van der Waals surface area contributed by atoms with Gasteiger partial charge >= 0.3 is 0 Å². The van der Waals surface area contributed by atoms with Crippen molar-refractivity contribution in [1.82, 2.24) is 4.90 Å². The van der Waals surface area contributed by atoms with E-state index in [1.807, 2.05) is 4.90 Å². The Morgan fingerprint density at radius 3 is 2.50 bits per heavy atom. The molecule has 0 heterocycles. The number of hydrogen-bond donors (Lipinski definition) is 0. The minimum atomic E-state index is 0.260. The highest BCUT2D eigenvalue weighted by Gasteiger charge is 2.25. The van der Waals surface area contributed by atoms with Crippen LogP contribution < -0.4 is 0 Å². The van der Waals surface area contributed by atoms with Crippen LogP contribution in [0.3, 0.4) is 0 Å². The van der Waals surface area contributed by atoms with E-state index in [-0.39, 0.29) is 5.91 Å². The van der Waals surface area contributed by atoms with E-state index in [2.05, 4.69) is 12.8 Å². The summed E-state index contributed by atoms with van der Waals surface area (Å²) in [6.07, 6.45) is 15.9. The first-order valence-corrected chi connectivity index (χ1v) is 7.49. The fourth-order valence-electron chi connectivity index (χ4n) is 2.19. The van der Waals surface area contributed by atoms with Crippen molar-refractivity contribution in [3.63, 3.8) is 0 Å². The largest absolute Gasteiger partial charge is 0.331 e. The summed E-state index contributed by atoms with van der Waals surface area (Å²) in [7, 11) is 0. The van der Waals surface area contributed by atoms with Crippen LogP contribution in [0.1, 0.15) is 64.7 Å². The van der Waals surface area contributed by atoms with Crippen LogP contribution in [-0.2, 0) is 4.79 Å². The second-order valence-electron chi connectivity index (χ2n) is 5.44. The van der Waals surface area contributed by atoms with Gasteiger partial charge < -0.3 is 4.90 Å². The molecule has 102 valence electrons. The molecule has 0 bridgehead atoms. The van der Waals surface area contributed by atoms with Crippen molar-refractivity contribution >= 4 is 5.91 Å². The van der Waals surface area contributed by atoms with Gasteiger partial charge in [-0.25, -0.2) is 0 Å². The molecule has 0 saturated heterocycles. The van der Waals surface area contributed by atoms with Crippen LogP contribution in [0.2, 0.25) is 0 Å². The fraction of sp³-hybridized carbons (Fsp3) is 0.812. The summed E-state index contributed by atoms with van der Waals surface area (Å²) < 4.78 is 0. The summed E-state index contributed by atoms with van der Waals surface area (Å²) >= 11 is 0. The number of carbonyl (C=O) groups excluding carboxylic acids is 1. The first kappa shape index (κ1) is 15.1. The van der Waals surface area contributed by atoms with E-state index in [0.717, 1.165) is 18.9 Å². The molecule has 18 heavy (non-hydrogen) atoms. The van der Waals surface area contributed by atoms with Crippen LogP contribution >= 0.6 is 0 Å². The van der Waals surface area contributed by atoms with Gasteiger partial charge in [0.15, 0.2) is 0 Å². The average Bonchev–Trinajstić information content (AvgIpc) is 3.17. The van der Waals surface area contributed by atoms with E-state index >= 15 is 0 Å². The maximum Gasteiger partial charge on any atom is 0.223 e. The molecule has 2 nitrogen and oxygen atoms in total. The smallest absolute Gasteiger partial charge is 0.223 e. The monoisotopic (exact) mass is 249 g/mol. The molecular weight excluding hydrogens is 222 g/mol. The third kappa shape index (κ3) is 6.69. The zero-order valence-electron chi connectivity index (χ0n) is 11.8. The molecule has 1 aliphatic rings. The lowest BCUT2D eigenvalue weighted by Crippen LogP contribution is -2.33. The van der Waals surface area contributed by atoms with Gasteiger partial charge in [0.1, 0.15) is 0 Å². The number of terminal acetylenes is 1. The molecule has 1 saturated carbocycles. The van der Waals surface area contributed by atoms with Crippen LogP contribution in [0, 0.1) is 18.3 Å². The number of unbranched alkanes of at least 4 members (excludes halogenated alkanes) is 5. The Kier molecular flexibility index (Phi) is 7.57. The molecule has 0 aromatic carbocycles. The molecule has 1 aliphatic carbocycles. The second kappa shape index (κ2) is 9.03. The normalized spacial score (nSPS) is 14.2. The summed E-state index contributed by atoms with van der Waals surface area (Å²) in [5, 5.41) is 0. The number of amides is 1. The Labute approximate surface area is 112 Å². The van der Waals surface area contributed by atoms with Crippen LogP contribution in [0.4, 0.5) is 0 Å². The minimum absolute atomic E-state index is 0.260.